The Kier molecular flexibility index (Phi) is 6.49. The van der Waals surface area contributed by atoms with Crippen molar-refractivity contribution in [3.05, 3.63) is 0 Å². The van der Waals surface area contributed by atoms with Crippen LogP contribution in [0.15, 0.2) is 0 Å². The summed E-state index contributed by atoms with van der Waals surface area (Å²) in [7, 11) is 0. The summed E-state index contributed by atoms with van der Waals surface area (Å²) in [4.78, 5) is 12.1. The second-order valence-electron chi connectivity index (χ2n) is 5.24. The first-order valence-electron chi connectivity index (χ1n) is 6.59. The van der Waals surface area contributed by atoms with Crippen molar-refractivity contribution in [1.82, 2.24) is 5.32 Å². The third-order valence-corrected chi connectivity index (χ3v) is 4.48. The molecule has 0 atom stereocenters. The average molecular weight is 263 g/mol. The SMILES string of the molecule is CCC(N)(CC)CNC(=O)C1(CC)CCC1.Cl. The van der Waals surface area contributed by atoms with Crippen molar-refractivity contribution in [3.63, 3.8) is 0 Å². The highest BCUT2D eigenvalue weighted by atomic mass is 35.5. The Morgan fingerprint density at radius 2 is 1.82 bits per heavy atom. The number of nitrogens with one attached hydrogen (secondary N) is 1. The number of rotatable bonds is 6. The smallest absolute Gasteiger partial charge is 0.226 e. The van der Waals surface area contributed by atoms with Gasteiger partial charge in [-0.05, 0) is 32.1 Å². The van der Waals surface area contributed by atoms with Crippen LogP contribution in [0.1, 0.15) is 59.3 Å². The predicted octanol–water partition coefficient (Wildman–Crippen LogP) is 2.62. The second-order valence-corrected chi connectivity index (χ2v) is 5.24. The van der Waals surface area contributed by atoms with E-state index in [1.807, 2.05) is 0 Å². The minimum atomic E-state index is -0.228. The van der Waals surface area contributed by atoms with Crippen LogP contribution in [-0.4, -0.2) is 18.0 Å². The Balaban J connectivity index is 0.00000256. The van der Waals surface area contributed by atoms with Gasteiger partial charge in [-0.15, -0.1) is 12.4 Å². The topological polar surface area (TPSA) is 55.1 Å². The van der Waals surface area contributed by atoms with Crippen LogP contribution < -0.4 is 11.1 Å². The van der Waals surface area contributed by atoms with Crippen molar-refractivity contribution in [3.8, 4) is 0 Å². The molecule has 4 heteroatoms. The van der Waals surface area contributed by atoms with Crippen molar-refractivity contribution in [2.24, 2.45) is 11.1 Å². The molecule has 0 saturated heterocycles. The number of hydrogen-bond acceptors (Lipinski definition) is 2. The van der Waals surface area contributed by atoms with Gasteiger partial charge in [0, 0.05) is 17.5 Å². The van der Waals surface area contributed by atoms with E-state index in [0.717, 1.165) is 32.1 Å². The third-order valence-electron chi connectivity index (χ3n) is 4.48. The van der Waals surface area contributed by atoms with Crippen LogP contribution in [0.25, 0.3) is 0 Å². The minimum absolute atomic E-state index is 0. The second kappa shape index (κ2) is 6.60. The Hall–Kier alpha value is -0.280. The summed E-state index contributed by atoms with van der Waals surface area (Å²) in [5.74, 6) is 0.220. The Morgan fingerprint density at radius 3 is 2.12 bits per heavy atom. The van der Waals surface area contributed by atoms with Gasteiger partial charge < -0.3 is 11.1 Å². The van der Waals surface area contributed by atoms with E-state index >= 15 is 0 Å². The molecular weight excluding hydrogens is 236 g/mol. The number of nitrogens with two attached hydrogens (primary N) is 1. The Bertz CT molecular complexity index is 242. The molecule has 1 rings (SSSR count). The molecule has 0 aromatic carbocycles. The van der Waals surface area contributed by atoms with Crippen LogP contribution in [0, 0.1) is 5.41 Å². The highest BCUT2D eigenvalue weighted by molar-refractivity contribution is 5.85. The Morgan fingerprint density at radius 1 is 1.29 bits per heavy atom. The largest absolute Gasteiger partial charge is 0.354 e. The molecule has 0 aromatic heterocycles. The molecule has 1 fully saturated rings. The molecule has 1 aliphatic carbocycles. The summed E-state index contributed by atoms with van der Waals surface area (Å²) < 4.78 is 0. The van der Waals surface area contributed by atoms with Crippen LogP contribution in [0.3, 0.4) is 0 Å². The normalized spacial score (nSPS) is 17.9. The number of amides is 1. The van der Waals surface area contributed by atoms with Gasteiger partial charge in [0.2, 0.25) is 5.91 Å². The van der Waals surface area contributed by atoms with E-state index in [2.05, 4.69) is 26.1 Å². The zero-order valence-electron chi connectivity index (χ0n) is 11.3. The van der Waals surface area contributed by atoms with Crippen LogP contribution in [-0.2, 0) is 4.79 Å². The van der Waals surface area contributed by atoms with Gasteiger partial charge in [-0.1, -0.05) is 27.2 Å². The van der Waals surface area contributed by atoms with E-state index in [1.165, 1.54) is 6.42 Å². The van der Waals surface area contributed by atoms with Crippen LogP contribution in [0.2, 0.25) is 0 Å². The summed E-state index contributed by atoms with van der Waals surface area (Å²) in [6.07, 6.45) is 6.05. The van der Waals surface area contributed by atoms with Gasteiger partial charge in [0.05, 0.1) is 0 Å². The van der Waals surface area contributed by atoms with Gasteiger partial charge >= 0.3 is 0 Å². The maximum atomic E-state index is 12.1. The minimum Gasteiger partial charge on any atom is -0.354 e. The average Bonchev–Trinajstić information content (AvgIpc) is 2.25. The molecule has 3 nitrogen and oxygen atoms in total. The molecule has 17 heavy (non-hydrogen) atoms. The van der Waals surface area contributed by atoms with Crippen LogP contribution in [0.4, 0.5) is 0 Å². The molecule has 0 aromatic rings. The fourth-order valence-electron chi connectivity index (χ4n) is 2.29. The zero-order chi connectivity index (χ0) is 12.2. The van der Waals surface area contributed by atoms with Gasteiger partial charge in [0.1, 0.15) is 0 Å². The fraction of sp³-hybridized carbons (Fsp3) is 0.923. The molecule has 1 amide bonds. The van der Waals surface area contributed by atoms with Crippen LogP contribution in [0.5, 0.6) is 0 Å². The molecule has 0 spiro atoms. The van der Waals surface area contributed by atoms with E-state index < -0.39 is 0 Å². The third kappa shape index (κ3) is 3.59. The number of halogens is 1. The lowest BCUT2D eigenvalue weighted by Crippen LogP contribution is -2.53. The fourth-order valence-corrected chi connectivity index (χ4v) is 2.29. The van der Waals surface area contributed by atoms with Crippen LogP contribution >= 0.6 is 12.4 Å². The number of hydrogen-bond donors (Lipinski definition) is 2. The van der Waals surface area contributed by atoms with Gasteiger partial charge in [0.25, 0.3) is 0 Å². The summed E-state index contributed by atoms with van der Waals surface area (Å²) >= 11 is 0. The van der Waals surface area contributed by atoms with Crippen molar-refractivity contribution in [2.45, 2.75) is 64.8 Å². The molecule has 3 N–H and O–H groups in total. The van der Waals surface area contributed by atoms with E-state index in [0.29, 0.717) is 6.54 Å². The van der Waals surface area contributed by atoms with Crippen molar-refractivity contribution >= 4 is 18.3 Å². The maximum absolute atomic E-state index is 12.1. The summed E-state index contributed by atoms with van der Waals surface area (Å²) in [6, 6.07) is 0. The van der Waals surface area contributed by atoms with Crippen molar-refractivity contribution in [1.29, 1.82) is 0 Å². The van der Waals surface area contributed by atoms with E-state index in [4.69, 9.17) is 5.73 Å². The molecule has 0 unspecified atom stereocenters. The molecule has 0 bridgehead atoms. The number of carbonyl (C=O) groups excluding carboxylic acids is 1. The van der Waals surface area contributed by atoms with Gasteiger partial charge in [-0.3, -0.25) is 4.79 Å². The maximum Gasteiger partial charge on any atom is 0.226 e. The molecule has 0 aliphatic heterocycles. The quantitative estimate of drug-likeness (QED) is 0.773. The summed E-state index contributed by atoms with van der Waals surface area (Å²) in [5, 5.41) is 3.05. The van der Waals surface area contributed by atoms with E-state index in [-0.39, 0.29) is 29.3 Å². The first-order chi connectivity index (χ1) is 7.52. The number of carbonyl (C=O) groups is 1. The highest BCUT2D eigenvalue weighted by Gasteiger charge is 2.42. The van der Waals surface area contributed by atoms with E-state index in [9.17, 15) is 4.79 Å². The van der Waals surface area contributed by atoms with Gasteiger partial charge in [0.15, 0.2) is 0 Å². The monoisotopic (exact) mass is 262 g/mol. The van der Waals surface area contributed by atoms with Crippen molar-refractivity contribution < 1.29 is 4.79 Å². The van der Waals surface area contributed by atoms with E-state index in [1.54, 1.807) is 0 Å². The molecule has 1 saturated carbocycles. The van der Waals surface area contributed by atoms with Crippen molar-refractivity contribution in [2.75, 3.05) is 6.54 Å². The summed E-state index contributed by atoms with van der Waals surface area (Å²) in [5.41, 5.74) is 5.88. The zero-order valence-corrected chi connectivity index (χ0v) is 12.2. The standard InChI is InChI=1S/C13H26N2O.ClH/c1-4-12(8-7-9-12)11(16)15-10-13(14,5-2)6-3;/h4-10,14H2,1-3H3,(H,15,16);1H. The summed E-state index contributed by atoms with van der Waals surface area (Å²) in [6.45, 7) is 6.87. The molecule has 0 radical (unpaired) electrons. The molecular formula is C13H27ClN2O. The first-order valence-corrected chi connectivity index (χ1v) is 6.59. The Labute approximate surface area is 111 Å². The molecule has 1 aliphatic rings. The first kappa shape index (κ1) is 16.7. The predicted molar refractivity (Wildman–Crippen MR) is 74.3 cm³/mol. The lowest BCUT2D eigenvalue weighted by molar-refractivity contribution is -0.136. The lowest BCUT2D eigenvalue weighted by Gasteiger charge is -2.40. The highest BCUT2D eigenvalue weighted by Crippen LogP contribution is 2.43. The van der Waals surface area contributed by atoms with Gasteiger partial charge in [-0.25, -0.2) is 0 Å². The molecule has 102 valence electrons. The lowest BCUT2D eigenvalue weighted by atomic mass is 9.66. The van der Waals surface area contributed by atoms with Gasteiger partial charge in [-0.2, -0.15) is 0 Å². The molecule has 0 heterocycles.